The Balaban J connectivity index is 1.29. The van der Waals surface area contributed by atoms with Gasteiger partial charge in [-0.05, 0) is 67.3 Å². The van der Waals surface area contributed by atoms with Gasteiger partial charge in [0.15, 0.2) is 0 Å². The van der Waals surface area contributed by atoms with E-state index in [9.17, 15) is 26.4 Å². The zero-order valence-electron chi connectivity index (χ0n) is 24.0. The molecule has 0 saturated heterocycles. The number of sulfonamides is 1. The van der Waals surface area contributed by atoms with Gasteiger partial charge in [0.05, 0.1) is 15.9 Å². The molecule has 1 aliphatic rings. The molecule has 3 aromatic carbocycles. The SMILES string of the molecule is CC(C)(C(=O)NCc1ccc(-c2cnc3nc2NCCCNS(=O)(=O)c2cccc(c2)N3)cc1)c1ccc(C(F)(F)F)cc1. The molecule has 0 radical (unpaired) electrons. The van der Waals surface area contributed by atoms with Gasteiger partial charge in [-0.3, -0.25) is 4.79 Å². The molecular weight excluding hydrogens is 593 g/mol. The highest BCUT2D eigenvalue weighted by Gasteiger charge is 2.33. The standard InChI is InChI=1S/C31H31F3N6O3S/c1-30(2,22-11-13-23(14-12-22)31(32,33)34)28(41)36-18-20-7-9-21(10-8-20)26-19-37-29-39-24-5-3-6-25(17-24)44(42,43)38-16-4-15-35-27(26)40-29/h3,5-14,17,19,38H,4,15-16,18H2,1-2H3,(H,36,41)(H2,35,37,39,40). The molecular formula is C31H31F3N6O3S. The van der Waals surface area contributed by atoms with Crippen LogP contribution in [0, 0.1) is 0 Å². The summed E-state index contributed by atoms with van der Waals surface area (Å²) >= 11 is 0. The fourth-order valence-electron chi connectivity index (χ4n) is 4.66. The summed E-state index contributed by atoms with van der Waals surface area (Å²) in [4.78, 5) is 22.2. The van der Waals surface area contributed by atoms with Crippen molar-refractivity contribution in [3.63, 3.8) is 0 Å². The molecule has 5 rings (SSSR count). The second-order valence-corrected chi connectivity index (χ2v) is 12.6. The largest absolute Gasteiger partial charge is 0.416 e. The fraction of sp³-hybridized carbons (Fsp3) is 0.258. The molecule has 4 bridgehead atoms. The lowest BCUT2D eigenvalue weighted by molar-refractivity contribution is -0.137. The molecule has 1 aromatic heterocycles. The second-order valence-electron chi connectivity index (χ2n) is 10.9. The number of carbonyl (C=O) groups excluding carboxylic acids is 1. The van der Waals surface area contributed by atoms with Crippen molar-refractivity contribution in [1.82, 2.24) is 20.0 Å². The van der Waals surface area contributed by atoms with E-state index in [0.29, 0.717) is 36.0 Å². The molecule has 0 fully saturated rings. The van der Waals surface area contributed by atoms with Crippen LogP contribution in [0.15, 0.2) is 83.9 Å². The second kappa shape index (κ2) is 12.2. The molecule has 4 N–H and O–H groups in total. The van der Waals surface area contributed by atoms with Crippen molar-refractivity contribution < 1.29 is 26.4 Å². The van der Waals surface area contributed by atoms with E-state index in [-0.39, 0.29) is 23.9 Å². The van der Waals surface area contributed by atoms with Crippen LogP contribution in [0.25, 0.3) is 11.1 Å². The van der Waals surface area contributed by atoms with Gasteiger partial charge in [0, 0.05) is 37.1 Å². The Labute approximate surface area is 253 Å². The maximum atomic E-state index is 13.0. The number of nitrogens with one attached hydrogen (secondary N) is 4. The Bertz CT molecular complexity index is 1760. The van der Waals surface area contributed by atoms with Gasteiger partial charge in [-0.2, -0.15) is 18.2 Å². The average molecular weight is 625 g/mol. The third-order valence-electron chi connectivity index (χ3n) is 7.35. The number of fused-ring (bicyclic) bond motifs is 4. The number of hydrogen-bond acceptors (Lipinski definition) is 7. The number of hydrogen-bond donors (Lipinski definition) is 4. The van der Waals surface area contributed by atoms with Crippen LogP contribution in [-0.4, -0.2) is 37.4 Å². The lowest BCUT2D eigenvalue weighted by atomic mass is 9.83. The maximum absolute atomic E-state index is 13.0. The number of alkyl halides is 3. The number of carbonyl (C=O) groups is 1. The van der Waals surface area contributed by atoms with Gasteiger partial charge in [0.1, 0.15) is 5.82 Å². The summed E-state index contributed by atoms with van der Waals surface area (Å²) in [5.74, 6) is 0.550. The van der Waals surface area contributed by atoms with E-state index in [2.05, 4.69) is 30.6 Å². The predicted octanol–water partition coefficient (Wildman–Crippen LogP) is 5.59. The topological polar surface area (TPSA) is 125 Å². The third kappa shape index (κ3) is 7.00. The average Bonchev–Trinajstić information content (AvgIpc) is 3.00. The van der Waals surface area contributed by atoms with Crippen molar-refractivity contribution in [2.45, 2.75) is 43.3 Å². The highest BCUT2D eigenvalue weighted by Crippen LogP contribution is 2.32. The molecule has 0 unspecified atom stereocenters. The van der Waals surface area contributed by atoms with Gasteiger partial charge >= 0.3 is 6.18 Å². The predicted molar refractivity (Wildman–Crippen MR) is 162 cm³/mol. The van der Waals surface area contributed by atoms with E-state index in [1.54, 1.807) is 32.2 Å². The Morgan fingerprint density at radius 3 is 2.36 bits per heavy atom. The molecule has 230 valence electrons. The zero-order valence-corrected chi connectivity index (χ0v) is 24.8. The first kappa shape index (κ1) is 31.0. The van der Waals surface area contributed by atoms with E-state index >= 15 is 0 Å². The van der Waals surface area contributed by atoms with Gasteiger partial charge in [0.25, 0.3) is 0 Å². The quantitative estimate of drug-likeness (QED) is 0.228. The summed E-state index contributed by atoms with van der Waals surface area (Å²) in [6.45, 7) is 4.26. The van der Waals surface area contributed by atoms with Crippen LogP contribution in [0.4, 0.5) is 30.6 Å². The van der Waals surface area contributed by atoms with Crippen molar-refractivity contribution in [2.75, 3.05) is 23.7 Å². The number of rotatable bonds is 5. The molecule has 13 heteroatoms. The number of aromatic nitrogens is 2. The maximum Gasteiger partial charge on any atom is 0.416 e. The molecule has 0 aliphatic carbocycles. The van der Waals surface area contributed by atoms with Crippen LogP contribution in [-0.2, 0) is 33.0 Å². The van der Waals surface area contributed by atoms with Crippen molar-refractivity contribution in [3.8, 4) is 11.1 Å². The number of halogens is 3. The summed E-state index contributed by atoms with van der Waals surface area (Å²) in [5, 5.41) is 9.22. The van der Waals surface area contributed by atoms with Crippen LogP contribution in [0.3, 0.4) is 0 Å². The fourth-order valence-corrected chi connectivity index (χ4v) is 5.78. The Hall–Kier alpha value is -4.49. The van der Waals surface area contributed by atoms with Crippen molar-refractivity contribution in [3.05, 3.63) is 95.7 Å². The molecule has 1 aliphatic heterocycles. The molecule has 0 spiro atoms. The third-order valence-corrected chi connectivity index (χ3v) is 8.81. The first-order valence-electron chi connectivity index (χ1n) is 13.9. The summed E-state index contributed by atoms with van der Waals surface area (Å²) in [6, 6.07) is 18.5. The summed E-state index contributed by atoms with van der Waals surface area (Å²) in [6.07, 6.45) is -2.24. The van der Waals surface area contributed by atoms with Gasteiger partial charge in [-0.25, -0.2) is 18.1 Å². The van der Waals surface area contributed by atoms with Gasteiger partial charge in [-0.15, -0.1) is 0 Å². The minimum Gasteiger partial charge on any atom is -0.369 e. The number of nitrogens with zero attached hydrogens (tertiary/aromatic N) is 2. The van der Waals surface area contributed by atoms with Gasteiger partial charge in [0.2, 0.25) is 21.9 Å². The summed E-state index contributed by atoms with van der Waals surface area (Å²) < 4.78 is 66.6. The smallest absolute Gasteiger partial charge is 0.369 e. The van der Waals surface area contributed by atoms with E-state index in [1.165, 1.54) is 24.3 Å². The lowest BCUT2D eigenvalue weighted by Crippen LogP contribution is -2.39. The molecule has 9 nitrogen and oxygen atoms in total. The molecule has 1 amide bonds. The molecule has 0 atom stereocenters. The number of anilines is 3. The first-order valence-corrected chi connectivity index (χ1v) is 15.3. The van der Waals surface area contributed by atoms with Crippen molar-refractivity contribution >= 4 is 33.4 Å². The Kier molecular flexibility index (Phi) is 8.62. The molecule has 4 aromatic rings. The Morgan fingerprint density at radius 1 is 0.955 bits per heavy atom. The summed E-state index contributed by atoms with van der Waals surface area (Å²) in [7, 11) is -3.65. The van der Waals surface area contributed by atoms with Crippen molar-refractivity contribution in [2.24, 2.45) is 0 Å². The van der Waals surface area contributed by atoms with Crippen LogP contribution in [0.1, 0.15) is 37.0 Å². The number of amides is 1. The minimum atomic E-state index is -4.44. The van der Waals surface area contributed by atoms with E-state index in [1.807, 2.05) is 24.3 Å². The highest BCUT2D eigenvalue weighted by atomic mass is 32.2. The van der Waals surface area contributed by atoms with E-state index in [0.717, 1.165) is 28.8 Å². The van der Waals surface area contributed by atoms with Gasteiger partial charge in [-0.1, -0.05) is 42.5 Å². The van der Waals surface area contributed by atoms with Crippen LogP contribution in [0.5, 0.6) is 0 Å². The Morgan fingerprint density at radius 2 is 1.66 bits per heavy atom. The summed E-state index contributed by atoms with van der Waals surface area (Å²) in [5.41, 5.74) is 1.58. The lowest BCUT2D eigenvalue weighted by Gasteiger charge is -2.24. The normalized spacial score (nSPS) is 15.0. The molecule has 44 heavy (non-hydrogen) atoms. The highest BCUT2D eigenvalue weighted by molar-refractivity contribution is 7.89. The van der Waals surface area contributed by atoms with Crippen molar-refractivity contribution in [1.29, 1.82) is 0 Å². The van der Waals surface area contributed by atoms with Crippen LogP contribution in [0.2, 0.25) is 0 Å². The zero-order chi connectivity index (χ0) is 31.5. The molecule has 2 heterocycles. The van der Waals surface area contributed by atoms with E-state index < -0.39 is 27.2 Å². The van der Waals surface area contributed by atoms with Crippen LogP contribution < -0.4 is 20.7 Å². The first-order chi connectivity index (χ1) is 20.8. The van der Waals surface area contributed by atoms with Gasteiger partial charge < -0.3 is 16.0 Å². The minimum absolute atomic E-state index is 0.144. The molecule has 0 saturated carbocycles. The van der Waals surface area contributed by atoms with E-state index in [4.69, 9.17) is 0 Å². The van der Waals surface area contributed by atoms with Crippen LogP contribution >= 0.6 is 0 Å². The number of benzene rings is 3. The monoisotopic (exact) mass is 624 g/mol.